The maximum Gasteiger partial charge on any atom is 0.308 e. The Kier molecular flexibility index (Phi) is 7.93. The zero-order valence-corrected chi connectivity index (χ0v) is 19.5. The number of halogens is 2. The summed E-state index contributed by atoms with van der Waals surface area (Å²) in [6.45, 7) is 4.35. The third-order valence-electron chi connectivity index (χ3n) is 4.50. The fourth-order valence-electron chi connectivity index (χ4n) is 2.96. The van der Waals surface area contributed by atoms with Gasteiger partial charge < -0.3 is 14.6 Å². The van der Waals surface area contributed by atoms with E-state index >= 15 is 0 Å². The van der Waals surface area contributed by atoms with E-state index in [0.717, 1.165) is 5.56 Å². The lowest BCUT2D eigenvalue weighted by molar-refractivity contribution is -0.136. The molecule has 0 unspecified atom stereocenters. The zero-order chi connectivity index (χ0) is 23.3. The van der Waals surface area contributed by atoms with Crippen LogP contribution in [0.25, 0.3) is 0 Å². The highest BCUT2D eigenvalue weighted by Gasteiger charge is 2.15. The molecular formula is C22H24Cl2N4O4. The molecule has 0 saturated heterocycles. The predicted molar refractivity (Wildman–Crippen MR) is 121 cm³/mol. The van der Waals surface area contributed by atoms with Crippen LogP contribution >= 0.6 is 23.2 Å². The fourth-order valence-corrected chi connectivity index (χ4v) is 3.41. The molecule has 0 bridgehead atoms. The van der Waals surface area contributed by atoms with Gasteiger partial charge in [0, 0.05) is 41.5 Å². The SMILES string of the molecule is CC(C)c1ncc(CCCOc2nn(C)cc2CC(=O)O)c(Oc2ccc(Cl)cc2Cl)n1. The van der Waals surface area contributed by atoms with Gasteiger partial charge in [-0.05, 0) is 31.0 Å². The third-order valence-corrected chi connectivity index (χ3v) is 5.03. The second kappa shape index (κ2) is 10.7. The molecule has 0 saturated carbocycles. The summed E-state index contributed by atoms with van der Waals surface area (Å²) in [6.07, 6.45) is 4.45. The Bertz CT molecular complexity index is 1100. The Hall–Kier alpha value is -2.84. The minimum Gasteiger partial charge on any atom is -0.481 e. The number of aryl methyl sites for hydroxylation is 2. The molecule has 0 radical (unpaired) electrons. The van der Waals surface area contributed by atoms with E-state index in [2.05, 4.69) is 15.1 Å². The van der Waals surface area contributed by atoms with Gasteiger partial charge in [-0.2, -0.15) is 4.98 Å². The van der Waals surface area contributed by atoms with Crippen molar-refractivity contribution in [2.45, 2.75) is 39.0 Å². The number of aromatic nitrogens is 4. The van der Waals surface area contributed by atoms with Gasteiger partial charge in [0.25, 0.3) is 0 Å². The van der Waals surface area contributed by atoms with Gasteiger partial charge in [0.1, 0.15) is 11.6 Å². The molecule has 3 rings (SSSR count). The van der Waals surface area contributed by atoms with E-state index in [1.165, 1.54) is 4.68 Å². The van der Waals surface area contributed by atoms with Crippen molar-refractivity contribution in [2.75, 3.05) is 6.61 Å². The Balaban J connectivity index is 1.70. The lowest BCUT2D eigenvalue weighted by atomic mass is 10.1. The molecular weight excluding hydrogens is 455 g/mol. The van der Waals surface area contributed by atoms with E-state index in [9.17, 15) is 4.79 Å². The van der Waals surface area contributed by atoms with Crippen molar-refractivity contribution in [3.8, 4) is 17.5 Å². The van der Waals surface area contributed by atoms with Crippen molar-refractivity contribution in [1.82, 2.24) is 19.7 Å². The number of aliphatic carboxylic acids is 1. The molecule has 2 heterocycles. The molecule has 0 atom stereocenters. The molecule has 0 fully saturated rings. The number of hydrogen-bond acceptors (Lipinski definition) is 6. The first-order chi connectivity index (χ1) is 15.2. The van der Waals surface area contributed by atoms with Crippen LogP contribution in [0.4, 0.5) is 0 Å². The van der Waals surface area contributed by atoms with Crippen LogP contribution in [-0.2, 0) is 24.7 Å². The molecule has 0 spiro atoms. The lowest BCUT2D eigenvalue weighted by Crippen LogP contribution is -2.07. The topological polar surface area (TPSA) is 99.4 Å². The summed E-state index contributed by atoms with van der Waals surface area (Å²) < 4.78 is 13.3. The average Bonchev–Trinajstić information content (AvgIpc) is 3.06. The first-order valence-electron chi connectivity index (χ1n) is 10.1. The standard InChI is InChI=1S/C22H24Cl2N4O4/c1-13(2)20-25-11-14(21(26-20)32-18-7-6-16(23)10-17(18)24)5-4-8-31-22-15(9-19(29)30)12-28(3)27-22/h6-7,10-13H,4-5,8-9H2,1-3H3,(H,29,30). The van der Waals surface area contributed by atoms with Crippen molar-refractivity contribution in [1.29, 1.82) is 0 Å². The van der Waals surface area contributed by atoms with Crippen LogP contribution in [0.3, 0.4) is 0 Å². The number of carboxylic acids is 1. The van der Waals surface area contributed by atoms with Gasteiger partial charge in [-0.3, -0.25) is 9.48 Å². The molecule has 0 aliphatic rings. The van der Waals surface area contributed by atoms with Crippen molar-refractivity contribution in [3.05, 3.63) is 57.6 Å². The van der Waals surface area contributed by atoms with Crippen LogP contribution in [0.15, 0.2) is 30.6 Å². The third kappa shape index (κ3) is 6.34. The van der Waals surface area contributed by atoms with Crippen molar-refractivity contribution >= 4 is 29.2 Å². The molecule has 1 aromatic carbocycles. The summed E-state index contributed by atoms with van der Waals surface area (Å²) in [4.78, 5) is 20.0. The van der Waals surface area contributed by atoms with Crippen molar-refractivity contribution in [2.24, 2.45) is 7.05 Å². The summed E-state index contributed by atoms with van der Waals surface area (Å²) in [5.41, 5.74) is 1.34. The number of hydrogen-bond donors (Lipinski definition) is 1. The van der Waals surface area contributed by atoms with Gasteiger partial charge in [0.05, 0.1) is 18.1 Å². The molecule has 10 heteroatoms. The summed E-state index contributed by atoms with van der Waals surface area (Å²) in [6, 6.07) is 5.00. The van der Waals surface area contributed by atoms with Gasteiger partial charge >= 0.3 is 5.97 Å². The molecule has 170 valence electrons. The monoisotopic (exact) mass is 478 g/mol. The maximum atomic E-state index is 11.0. The van der Waals surface area contributed by atoms with Gasteiger partial charge in [-0.25, -0.2) is 4.98 Å². The van der Waals surface area contributed by atoms with Crippen molar-refractivity contribution in [3.63, 3.8) is 0 Å². The summed E-state index contributed by atoms with van der Waals surface area (Å²) in [7, 11) is 1.72. The minimum absolute atomic E-state index is 0.132. The second-order valence-electron chi connectivity index (χ2n) is 7.55. The van der Waals surface area contributed by atoms with Gasteiger partial charge in [0.2, 0.25) is 11.8 Å². The number of carbonyl (C=O) groups is 1. The van der Waals surface area contributed by atoms with Gasteiger partial charge in [-0.1, -0.05) is 37.0 Å². The second-order valence-corrected chi connectivity index (χ2v) is 8.39. The van der Waals surface area contributed by atoms with Crippen LogP contribution in [-0.4, -0.2) is 37.4 Å². The van der Waals surface area contributed by atoms with E-state index < -0.39 is 5.97 Å². The molecule has 32 heavy (non-hydrogen) atoms. The molecule has 3 aromatic rings. The molecule has 0 amide bonds. The van der Waals surface area contributed by atoms with Crippen LogP contribution in [0.2, 0.25) is 10.0 Å². The molecule has 0 aliphatic carbocycles. The Labute approximate surface area is 196 Å². The summed E-state index contributed by atoms with van der Waals surface area (Å²) in [5, 5.41) is 14.1. The number of nitrogens with zero attached hydrogens (tertiary/aromatic N) is 4. The molecule has 8 nitrogen and oxygen atoms in total. The zero-order valence-electron chi connectivity index (χ0n) is 18.0. The highest BCUT2D eigenvalue weighted by molar-refractivity contribution is 6.35. The van der Waals surface area contributed by atoms with Crippen LogP contribution in [0, 0.1) is 0 Å². The Morgan fingerprint density at radius 2 is 2.00 bits per heavy atom. The number of rotatable bonds is 10. The lowest BCUT2D eigenvalue weighted by Gasteiger charge is -2.14. The van der Waals surface area contributed by atoms with Crippen LogP contribution in [0.1, 0.15) is 43.1 Å². The summed E-state index contributed by atoms with van der Waals surface area (Å²) >= 11 is 12.2. The van der Waals surface area contributed by atoms with Gasteiger partial charge in [-0.15, -0.1) is 5.10 Å². The smallest absolute Gasteiger partial charge is 0.308 e. The van der Waals surface area contributed by atoms with E-state index in [-0.39, 0.29) is 12.3 Å². The normalized spacial score (nSPS) is 11.1. The Morgan fingerprint density at radius 3 is 2.69 bits per heavy atom. The molecule has 0 aliphatic heterocycles. The number of ether oxygens (including phenoxy) is 2. The van der Waals surface area contributed by atoms with Crippen molar-refractivity contribution < 1.29 is 19.4 Å². The molecule has 1 N–H and O–H groups in total. The first kappa shape index (κ1) is 23.8. The predicted octanol–water partition coefficient (Wildman–Crippen LogP) is 5.07. The number of benzene rings is 1. The van der Waals surface area contributed by atoms with Crippen LogP contribution in [0.5, 0.6) is 17.5 Å². The first-order valence-corrected chi connectivity index (χ1v) is 10.8. The van der Waals surface area contributed by atoms with Gasteiger partial charge in [0.15, 0.2) is 0 Å². The maximum absolute atomic E-state index is 11.0. The fraction of sp³-hybridized carbons (Fsp3) is 0.364. The van der Waals surface area contributed by atoms with E-state index in [1.807, 2.05) is 13.8 Å². The highest BCUT2D eigenvalue weighted by Crippen LogP contribution is 2.33. The largest absolute Gasteiger partial charge is 0.481 e. The summed E-state index contributed by atoms with van der Waals surface area (Å²) in [5.74, 6) is 1.06. The van der Waals surface area contributed by atoms with E-state index in [1.54, 1.807) is 37.6 Å². The highest BCUT2D eigenvalue weighted by atomic mass is 35.5. The number of carboxylic acid groups (broad SMARTS) is 1. The minimum atomic E-state index is -0.937. The quantitative estimate of drug-likeness (QED) is 0.405. The van der Waals surface area contributed by atoms with E-state index in [0.29, 0.717) is 58.4 Å². The Morgan fingerprint density at radius 1 is 1.22 bits per heavy atom. The van der Waals surface area contributed by atoms with Crippen LogP contribution < -0.4 is 9.47 Å². The van der Waals surface area contributed by atoms with E-state index in [4.69, 9.17) is 37.8 Å². The average molecular weight is 479 g/mol. The molecule has 2 aromatic heterocycles.